The third kappa shape index (κ3) is 3.19. The standard InChI is InChI=1S/C15H19N5O2/c1-2-22-14-5-3-12(4-6-14)17-15(21)19-9-7-13(11-19)20-10-8-16-18-20/h3-6,8,10,13H,2,7,9,11H2,1H3,(H,17,21). The van der Waals surface area contributed by atoms with Gasteiger partial charge in [0, 0.05) is 25.0 Å². The number of carbonyl (C=O) groups is 1. The molecule has 1 atom stereocenters. The average molecular weight is 301 g/mol. The molecule has 1 aliphatic heterocycles. The summed E-state index contributed by atoms with van der Waals surface area (Å²) < 4.78 is 7.19. The summed E-state index contributed by atoms with van der Waals surface area (Å²) in [4.78, 5) is 14.1. The van der Waals surface area contributed by atoms with Crippen LogP contribution in [0.15, 0.2) is 36.7 Å². The van der Waals surface area contributed by atoms with Crippen LogP contribution in [0.5, 0.6) is 5.75 Å². The van der Waals surface area contributed by atoms with E-state index >= 15 is 0 Å². The molecule has 0 bridgehead atoms. The van der Waals surface area contributed by atoms with Crippen LogP contribution in [0.25, 0.3) is 0 Å². The first-order chi connectivity index (χ1) is 10.8. The van der Waals surface area contributed by atoms with Gasteiger partial charge < -0.3 is 15.0 Å². The number of nitrogens with zero attached hydrogens (tertiary/aromatic N) is 4. The number of benzene rings is 1. The maximum atomic E-state index is 12.3. The van der Waals surface area contributed by atoms with Crippen molar-refractivity contribution in [3.63, 3.8) is 0 Å². The minimum absolute atomic E-state index is 0.0909. The van der Waals surface area contributed by atoms with E-state index in [0.717, 1.165) is 17.9 Å². The molecule has 0 saturated carbocycles. The van der Waals surface area contributed by atoms with Crippen LogP contribution >= 0.6 is 0 Å². The zero-order chi connectivity index (χ0) is 15.4. The van der Waals surface area contributed by atoms with Crippen molar-refractivity contribution in [3.8, 4) is 5.75 Å². The van der Waals surface area contributed by atoms with E-state index in [9.17, 15) is 4.79 Å². The van der Waals surface area contributed by atoms with Crippen LogP contribution in [0.2, 0.25) is 0 Å². The van der Waals surface area contributed by atoms with Crippen LogP contribution in [0.3, 0.4) is 0 Å². The van der Waals surface area contributed by atoms with Crippen molar-refractivity contribution in [2.75, 3.05) is 25.0 Å². The number of likely N-dealkylation sites (tertiary alicyclic amines) is 1. The number of amides is 2. The first kappa shape index (κ1) is 14.4. The van der Waals surface area contributed by atoms with E-state index < -0.39 is 0 Å². The maximum Gasteiger partial charge on any atom is 0.321 e. The Balaban J connectivity index is 1.56. The molecule has 1 unspecified atom stereocenters. The highest BCUT2D eigenvalue weighted by Gasteiger charge is 2.27. The summed E-state index contributed by atoms with van der Waals surface area (Å²) in [6.45, 7) is 3.93. The third-order valence-electron chi connectivity index (χ3n) is 3.68. The zero-order valence-electron chi connectivity index (χ0n) is 12.5. The number of nitrogens with one attached hydrogen (secondary N) is 1. The number of urea groups is 1. The lowest BCUT2D eigenvalue weighted by atomic mass is 10.3. The van der Waals surface area contributed by atoms with Gasteiger partial charge in [-0.2, -0.15) is 0 Å². The molecule has 2 amide bonds. The Morgan fingerprint density at radius 2 is 2.23 bits per heavy atom. The highest BCUT2D eigenvalue weighted by molar-refractivity contribution is 5.89. The molecule has 3 rings (SSSR count). The predicted octanol–water partition coefficient (Wildman–Crippen LogP) is 2.16. The molecule has 0 spiro atoms. The van der Waals surface area contributed by atoms with Crippen LogP contribution in [0.4, 0.5) is 10.5 Å². The predicted molar refractivity (Wildman–Crippen MR) is 81.9 cm³/mol. The van der Waals surface area contributed by atoms with Crippen LogP contribution < -0.4 is 10.1 Å². The second kappa shape index (κ2) is 6.46. The number of hydrogen-bond donors (Lipinski definition) is 1. The molecule has 1 aromatic carbocycles. The van der Waals surface area contributed by atoms with Gasteiger partial charge in [-0.3, -0.25) is 0 Å². The van der Waals surface area contributed by atoms with E-state index in [1.165, 1.54) is 0 Å². The van der Waals surface area contributed by atoms with Crippen molar-refractivity contribution in [2.24, 2.45) is 0 Å². The number of hydrogen-bond acceptors (Lipinski definition) is 4. The minimum atomic E-state index is -0.0909. The van der Waals surface area contributed by atoms with Crippen molar-refractivity contribution in [3.05, 3.63) is 36.7 Å². The Morgan fingerprint density at radius 1 is 1.41 bits per heavy atom. The summed E-state index contributed by atoms with van der Waals surface area (Å²) in [6.07, 6.45) is 4.38. The summed E-state index contributed by atoms with van der Waals surface area (Å²) in [5.74, 6) is 0.799. The topological polar surface area (TPSA) is 72.3 Å². The largest absolute Gasteiger partial charge is 0.494 e. The molecule has 2 heterocycles. The molecule has 116 valence electrons. The molecule has 0 radical (unpaired) electrons. The van der Waals surface area contributed by atoms with Crippen molar-refractivity contribution >= 4 is 11.7 Å². The van der Waals surface area contributed by atoms with E-state index in [-0.39, 0.29) is 12.1 Å². The first-order valence-electron chi connectivity index (χ1n) is 7.41. The van der Waals surface area contributed by atoms with Gasteiger partial charge in [-0.25, -0.2) is 9.48 Å². The fraction of sp³-hybridized carbons (Fsp3) is 0.400. The van der Waals surface area contributed by atoms with Gasteiger partial charge in [0.1, 0.15) is 5.75 Å². The van der Waals surface area contributed by atoms with Crippen molar-refractivity contribution in [1.29, 1.82) is 0 Å². The van der Waals surface area contributed by atoms with Gasteiger partial charge in [0.25, 0.3) is 0 Å². The molecule has 1 fully saturated rings. The lowest BCUT2D eigenvalue weighted by Crippen LogP contribution is -2.33. The number of aromatic nitrogens is 3. The quantitative estimate of drug-likeness (QED) is 0.939. The summed E-state index contributed by atoms with van der Waals surface area (Å²) in [5.41, 5.74) is 0.762. The molecular formula is C15H19N5O2. The fourth-order valence-electron chi connectivity index (χ4n) is 2.56. The SMILES string of the molecule is CCOc1ccc(NC(=O)N2CCC(n3ccnn3)C2)cc1. The van der Waals surface area contributed by atoms with E-state index in [2.05, 4.69) is 15.6 Å². The third-order valence-corrected chi connectivity index (χ3v) is 3.68. The molecule has 1 aromatic heterocycles. The van der Waals surface area contributed by atoms with Crippen LogP contribution in [-0.4, -0.2) is 45.6 Å². The Bertz CT molecular complexity index is 611. The number of anilines is 1. The van der Waals surface area contributed by atoms with Gasteiger partial charge in [0.2, 0.25) is 0 Å². The van der Waals surface area contributed by atoms with Gasteiger partial charge in [-0.1, -0.05) is 5.21 Å². The van der Waals surface area contributed by atoms with Crippen LogP contribution in [0, 0.1) is 0 Å². The van der Waals surface area contributed by atoms with Crippen molar-refractivity contribution in [1.82, 2.24) is 19.9 Å². The van der Waals surface area contributed by atoms with Crippen LogP contribution in [0.1, 0.15) is 19.4 Å². The van der Waals surface area contributed by atoms with E-state index in [1.54, 1.807) is 11.1 Å². The van der Waals surface area contributed by atoms with E-state index in [0.29, 0.717) is 19.7 Å². The van der Waals surface area contributed by atoms with Crippen LogP contribution in [-0.2, 0) is 0 Å². The second-order valence-corrected chi connectivity index (χ2v) is 5.16. The number of ether oxygens (including phenoxy) is 1. The Kier molecular flexibility index (Phi) is 4.22. The minimum Gasteiger partial charge on any atom is -0.494 e. The smallest absolute Gasteiger partial charge is 0.321 e. The molecule has 1 aliphatic rings. The zero-order valence-corrected chi connectivity index (χ0v) is 12.5. The Labute approximate surface area is 128 Å². The highest BCUT2D eigenvalue weighted by Crippen LogP contribution is 2.22. The molecule has 2 aromatic rings. The second-order valence-electron chi connectivity index (χ2n) is 5.16. The maximum absolute atomic E-state index is 12.3. The Morgan fingerprint density at radius 3 is 2.91 bits per heavy atom. The molecule has 0 aliphatic carbocycles. The first-order valence-corrected chi connectivity index (χ1v) is 7.41. The van der Waals surface area contributed by atoms with E-state index in [4.69, 9.17) is 4.74 Å². The van der Waals surface area contributed by atoms with Gasteiger partial charge in [-0.15, -0.1) is 5.10 Å². The summed E-state index contributed by atoms with van der Waals surface area (Å²) in [7, 11) is 0. The molecule has 1 N–H and O–H groups in total. The number of carbonyl (C=O) groups excluding carboxylic acids is 1. The summed E-state index contributed by atoms with van der Waals surface area (Å²) >= 11 is 0. The fourth-order valence-corrected chi connectivity index (χ4v) is 2.56. The van der Waals surface area contributed by atoms with Crippen molar-refractivity contribution < 1.29 is 9.53 Å². The highest BCUT2D eigenvalue weighted by atomic mass is 16.5. The van der Waals surface area contributed by atoms with Crippen molar-refractivity contribution in [2.45, 2.75) is 19.4 Å². The van der Waals surface area contributed by atoms with Gasteiger partial charge >= 0.3 is 6.03 Å². The summed E-state index contributed by atoms with van der Waals surface area (Å²) in [6, 6.07) is 7.49. The lowest BCUT2D eigenvalue weighted by molar-refractivity contribution is 0.220. The number of rotatable bonds is 4. The summed E-state index contributed by atoms with van der Waals surface area (Å²) in [5, 5.41) is 10.7. The molecular weight excluding hydrogens is 282 g/mol. The van der Waals surface area contributed by atoms with E-state index in [1.807, 2.05) is 42.1 Å². The monoisotopic (exact) mass is 301 g/mol. The molecule has 7 heteroatoms. The average Bonchev–Trinajstić information content (AvgIpc) is 3.20. The lowest BCUT2D eigenvalue weighted by Gasteiger charge is -2.17. The van der Waals surface area contributed by atoms with Gasteiger partial charge in [-0.05, 0) is 37.6 Å². The molecule has 1 saturated heterocycles. The normalized spacial score (nSPS) is 17.5. The van der Waals surface area contributed by atoms with Gasteiger partial charge in [0.05, 0.1) is 18.8 Å². The van der Waals surface area contributed by atoms with Gasteiger partial charge in [0.15, 0.2) is 0 Å². The molecule has 22 heavy (non-hydrogen) atoms. The molecule has 7 nitrogen and oxygen atoms in total. The Hall–Kier alpha value is -2.57.